The van der Waals surface area contributed by atoms with Gasteiger partial charge < -0.3 is 20.3 Å². The summed E-state index contributed by atoms with van der Waals surface area (Å²) in [5.74, 6) is -1.04. The Morgan fingerprint density at radius 2 is 2.00 bits per heavy atom. The van der Waals surface area contributed by atoms with Crippen molar-refractivity contribution in [3.05, 3.63) is 32.6 Å². The molecule has 5 N–H and O–H groups in total. The Morgan fingerprint density at radius 1 is 1.29 bits per heavy atom. The summed E-state index contributed by atoms with van der Waals surface area (Å²) in [4.78, 5) is 26.8. The fourth-order valence-electron chi connectivity index (χ4n) is 2.31. The maximum absolute atomic E-state index is 11.5. The first kappa shape index (κ1) is 12.0. The van der Waals surface area contributed by atoms with Gasteiger partial charge in [0.25, 0.3) is 5.56 Å². The van der Waals surface area contributed by atoms with Gasteiger partial charge in [0, 0.05) is 30.2 Å². The molecule has 0 amide bonds. The highest BCUT2D eigenvalue weighted by molar-refractivity contribution is 5.17. The molecular formula is C10H14N2O5. The Hall–Kier alpha value is -1.44. The van der Waals surface area contributed by atoms with Crippen molar-refractivity contribution in [3.63, 3.8) is 0 Å². The molecule has 1 saturated carbocycles. The molecule has 1 aliphatic carbocycles. The van der Waals surface area contributed by atoms with E-state index in [2.05, 4.69) is 9.97 Å². The lowest BCUT2D eigenvalue weighted by Gasteiger charge is -2.15. The van der Waals surface area contributed by atoms with Gasteiger partial charge >= 0.3 is 5.69 Å². The molecule has 1 aromatic heterocycles. The molecule has 2 rings (SSSR count). The van der Waals surface area contributed by atoms with Crippen LogP contribution in [-0.4, -0.2) is 44.1 Å². The highest BCUT2D eigenvalue weighted by Crippen LogP contribution is 2.36. The lowest BCUT2D eigenvalue weighted by molar-refractivity contribution is 0.00219. The highest BCUT2D eigenvalue weighted by Gasteiger charge is 2.42. The van der Waals surface area contributed by atoms with Crippen molar-refractivity contribution >= 4 is 0 Å². The zero-order valence-electron chi connectivity index (χ0n) is 8.96. The van der Waals surface area contributed by atoms with E-state index in [-0.39, 0.29) is 12.2 Å². The molecule has 1 heterocycles. The zero-order valence-corrected chi connectivity index (χ0v) is 8.96. The van der Waals surface area contributed by atoms with E-state index >= 15 is 0 Å². The second-order valence-corrected chi connectivity index (χ2v) is 4.29. The van der Waals surface area contributed by atoms with Crippen molar-refractivity contribution in [3.8, 4) is 0 Å². The standard InChI is InChI=1S/C10H14N2O5/c13-3-4-1-5(8(15)7(4)14)6-2-11-10(17)12-9(6)16/h2,4-5,7-8,13-15H,1,3H2,(H2,11,12,16,17). The molecule has 0 spiro atoms. The van der Waals surface area contributed by atoms with Crippen LogP contribution < -0.4 is 11.2 Å². The molecule has 94 valence electrons. The van der Waals surface area contributed by atoms with Gasteiger partial charge in [-0.05, 0) is 6.42 Å². The summed E-state index contributed by atoms with van der Waals surface area (Å²) in [6.45, 7) is -0.254. The molecule has 4 atom stereocenters. The van der Waals surface area contributed by atoms with E-state index in [1.165, 1.54) is 6.20 Å². The number of hydrogen-bond donors (Lipinski definition) is 5. The van der Waals surface area contributed by atoms with Crippen LogP contribution >= 0.6 is 0 Å². The van der Waals surface area contributed by atoms with Gasteiger partial charge in [-0.1, -0.05) is 0 Å². The average Bonchev–Trinajstić information content (AvgIpc) is 2.57. The molecule has 0 aromatic carbocycles. The largest absolute Gasteiger partial charge is 0.396 e. The highest BCUT2D eigenvalue weighted by atomic mass is 16.3. The Kier molecular flexibility index (Phi) is 3.14. The summed E-state index contributed by atoms with van der Waals surface area (Å²) in [5.41, 5.74) is -0.985. The first-order valence-corrected chi connectivity index (χ1v) is 5.33. The monoisotopic (exact) mass is 242 g/mol. The first-order valence-electron chi connectivity index (χ1n) is 5.33. The number of hydrogen-bond acceptors (Lipinski definition) is 5. The van der Waals surface area contributed by atoms with Gasteiger partial charge in [0.05, 0.1) is 12.2 Å². The number of nitrogens with one attached hydrogen (secondary N) is 2. The van der Waals surface area contributed by atoms with Crippen LogP contribution in [0.4, 0.5) is 0 Å². The summed E-state index contributed by atoms with van der Waals surface area (Å²) >= 11 is 0. The van der Waals surface area contributed by atoms with Crippen LogP contribution in [0.1, 0.15) is 17.9 Å². The number of aromatic amines is 2. The average molecular weight is 242 g/mol. The molecule has 1 aliphatic rings. The fraction of sp³-hybridized carbons (Fsp3) is 0.600. The van der Waals surface area contributed by atoms with Crippen LogP contribution in [0.5, 0.6) is 0 Å². The second kappa shape index (κ2) is 4.44. The zero-order chi connectivity index (χ0) is 12.6. The van der Waals surface area contributed by atoms with E-state index < -0.39 is 35.3 Å². The van der Waals surface area contributed by atoms with Crippen molar-refractivity contribution in [2.45, 2.75) is 24.5 Å². The van der Waals surface area contributed by atoms with Crippen molar-refractivity contribution < 1.29 is 15.3 Å². The second-order valence-electron chi connectivity index (χ2n) is 4.29. The molecule has 17 heavy (non-hydrogen) atoms. The summed E-state index contributed by atoms with van der Waals surface area (Å²) in [6, 6.07) is 0. The molecule has 4 unspecified atom stereocenters. The lowest BCUT2D eigenvalue weighted by Crippen LogP contribution is -2.32. The van der Waals surface area contributed by atoms with Gasteiger partial charge in [0.1, 0.15) is 0 Å². The third kappa shape index (κ3) is 2.04. The van der Waals surface area contributed by atoms with Crippen molar-refractivity contribution in [1.29, 1.82) is 0 Å². The van der Waals surface area contributed by atoms with E-state index in [1.54, 1.807) is 0 Å². The van der Waals surface area contributed by atoms with Gasteiger partial charge in [-0.15, -0.1) is 0 Å². The van der Waals surface area contributed by atoms with Crippen molar-refractivity contribution in [2.24, 2.45) is 5.92 Å². The fourth-order valence-corrected chi connectivity index (χ4v) is 2.31. The van der Waals surface area contributed by atoms with Gasteiger partial charge in [-0.3, -0.25) is 9.78 Å². The van der Waals surface area contributed by atoms with Crippen LogP contribution in [0.3, 0.4) is 0 Å². The lowest BCUT2D eigenvalue weighted by atomic mass is 9.97. The predicted octanol–water partition coefficient (Wildman–Crippen LogP) is -2.12. The summed E-state index contributed by atoms with van der Waals surface area (Å²) in [7, 11) is 0. The normalized spacial score (nSPS) is 32.9. The third-order valence-electron chi connectivity index (χ3n) is 3.28. The summed E-state index contributed by atoms with van der Waals surface area (Å²) in [5, 5.41) is 28.5. The number of aliphatic hydroxyl groups excluding tert-OH is 3. The number of rotatable bonds is 2. The van der Waals surface area contributed by atoms with Crippen LogP contribution in [0.2, 0.25) is 0 Å². The van der Waals surface area contributed by atoms with E-state index in [9.17, 15) is 19.8 Å². The molecule has 0 saturated heterocycles. The maximum atomic E-state index is 11.5. The Labute approximate surface area is 95.8 Å². The Bertz CT molecular complexity index is 508. The van der Waals surface area contributed by atoms with Gasteiger partial charge in [0.15, 0.2) is 0 Å². The molecule has 1 aromatic rings. The summed E-state index contributed by atoms with van der Waals surface area (Å²) in [6.07, 6.45) is -0.634. The van der Waals surface area contributed by atoms with Gasteiger partial charge in [-0.25, -0.2) is 4.79 Å². The molecular weight excluding hydrogens is 228 g/mol. The number of H-pyrrole nitrogens is 2. The minimum Gasteiger partial charge on any atom is -0.396 e. The quantitative estimate of drug-likeness (QED) is 0.405. The van der Waals surface area contributed by atoms with Gasteiger partial charge in [0.2, 0.25) is 0 Å². The smallest absolute Gasteiger partial charge is 0.325 e. The van der Waals surface area contributed by atoms with Gasteiger partial charge in [-0.2, -0.15) is 0 Å². The maximum Gasteiger partial charge on any atom is 0.325 e. The number of aliphatic hydroxyl groups is 3. The van der Waals surface area contributed by atoms with E-state index in [0.29, 0.717) is 6.42 Å². The Balaban J connectivity index is 2.35. The minimum absolute atomic E-state index is 0.215. The Morgan fingerprint density at radius 3 is 2.53 bits per heavy atom. The van der Waals surface area contributed by atoms with Crippen LogP contribution in [-0.2, 0) is 0 Å². The number of aromatic nitrogens is 2. The topological polar surface area (TPSA) is 126 Å². The van der Waals surface area contributed by atoms with E-state index in [0.717, 1.165) is 0 Å². The summed E-state index contributed by atoms with van der Waals surface area (Å²) < 4.78 is 0. The van der Waals surface area contributed by atoms with Crippen molar-refractivity contribution in [2.75, 3.05) is 6.61 Å². The van der Waals surface area contributed by atoms with E-state index in [1.807, 2.05) is 0 Å². The van der Waals surface area contributed by atoms with Crippen LogP contribution in [0, 0.1) is 5.92 Å². The molecule has 1 fully saturated rings. The predicted molar refractivity (Wildman–Crippen MR) is 57.6 cm³/mol. The molecule has 0 aliphatic heterocycles. The molecule has 7 heteroatoms. The van der Waals surface area contributed by atoms with Crippen LogP contribution in [0.15, 0.2) is 15.8 Å². The molecule has 0 radical (unpaired) electrons. The molecule has 0 bridgehead atoms. The third-order valence-corrected chi connectivity index (χ3v) is 3.28. The molecule has 7 nitrogen and oxygen atoms in total. The first-order chi connectivity index (χ1) is 8.04. The minimum atomic E-state index is -1.11. The van der Waals surface area contributed by atoms with E-state index in [4.69, 9.17) is 5.11 Å². The SMILES string of the molecule is O=c1[nH]cc(C2CC(CO)C(O)C2O)c(=O)[nH]1. The van der Waals surface area contributed by atoms with Crippen molar-refractivity contribution in [1.82, 2.24) is 9.97 Å². The van der Waals surface area contributed by atoms with Crippen LogP contribution in [0.25, 0.3) is 0 Å².